The Kier molecular flexibility index (Phi) is 5.47. The van der Waals surface area contributed by atoms with Gasteiger partial charge in [0.2, 0.25) is 0 Å². The molecule has 1 atom stereocenters. The molecule has 0 amide bonds. The maximum atomic E-state index is 13.6. The molecule has 0 radical (unpaired) electrons. The average molecular weight is 293 g/mol. The SMILES string of the molecule is COCC1CCN(Cc2ccc(F)c(C=CC(=O)O)c2)C1. The predicted octanol–water partition coefficient (Wildman–Crippen LogP) is 2.39. The third kappa shape index (κ3) is 4.65. The normalized spacial score (nSPS) is 19.4. The van der Waals surface area contributed by atoms with Crippen molar-refractivity contribution in [3.05, 3.63) is 41.2 Å². The van der Waals surface area contributed by atoms with Crippen molar-refractivity contribution >= 4 is 12.0 Å². The summed E-state index contributed by atoms with van der Waals surface area (Å²) in [6.45, 7) is 3.50. The second kappa shape index (κ2) is 7.33. The van der Waals surface area contributed by atoms with Crippen molar-refractivity contribution in [2.45, 2.75) is 13.0 Å². The summed E-state index contributed by atoms with van der Waals surface area (Å²) in [7, 11) is 1.71. The van der Waals surface area contributed by atoms with Gasteiger partial charge in [0.05, 0.1) is 6.61 Å². The van der Waals surface area contributed by atoms with Gasteiger partial charge in [-0.2, -0.15) is 0 Å². The first-order valence-corrected chi connectivity index (χ1v) is 6.99. The van der Waals surface area contributed by atoms with E-state index in [1.807, 2.05) is 0 Å². The second-order valence-electron chi connectivity index (χ2n) is 5.37. The van der Waals surface area contributed by atoms with Crippen LogP contribution in [0.2, 0.25) is 0 Å². The van der Waals surface area contributed by atoms with E-state index >= 15 is 0 Å². The second-order valence-corrected chi connectivity index (χ2v) is 5.37. The molecular weight excluding hydrogens is 273 g/mol. The summed E-state index contributed by atoms with van der Waals surface area (Å²) in [5.41, 5.74) is 1.29. The van der Waals surface area contributed by atoms with E-state index < -0.39 is 11.8 Å². The van der Waals surface area contributed by atoms with Crippen LogP contribution in [-0.4, -0.2) is 42.8 Å². The van der Waals surface area contributed by atoms with E-state index in [-0.39, 0.29) is 0 Å². The molecule has 4 nitrogen and oxygen atoms in total. The Hall–Kier alpha value is -1.72. The summed E-state index contributed by atoms with van der Waals surface area (Å²) in [5, 5.41) is 8.62. The minimum absolute atomic E-state index is 0.308. The van der Waals surface area contributed by atoms with Gasteiger partial charge in [0.25, 0.3) is 0 Å². The van der Waals surface area contributed by atoms with Crippen LogP contribution in [0.3, 0.4) is 0 Å². The summed E-state index contributed by atoms with van der Waals surface area (Å²) in [5.74, 6) is -0.932. The van der Waals surface area contributed by atoms with Crippen LogP contribution in [0.1, 0.15) is 17.5 Å². The lowest BCUT2D eigenvalue weighted by Crippen LogP contribution is -2.21. The van der Waals surface area contributed by atoms with E-state index in [0.29, 0.717) is 11.5 Å². The Bertz CT molecular complexity index is 530. The minimum Gasteiger partial charge on any atom is -0.478 e. The quantitative estimate of drug-likeness (QED) is 0.818. The molecular formula is C16H20FNO3. The van der Waals surface area contributed by atoms with Gasteiger partial charge in [-0.3, -0.25) is 4.90 Å². The van der Waals surface area contributed by atoms with E-state index in [1.54, 1.807) is 19.2 Å². The fourth-order valence-corrected chi connectivity index (χ4v) is 2.67. The van der Waals surface area contributed by atoms with Crippen LogP contribution in [0.25, 0.3) is 6.08 Å². The van der Waals surface area contributed by atoms with Gasteiger partial charge in [-0.15, -0.1) is 0 Å². The predicted molar refractivity (Wildman–Crippen MR) is 78.3 cm³/mol. The van der Waals surface area contributed by atoms with Crippen LogP contribution in [0.5, 0.6) is 0 Å². The van der Waals surface area contributed by atoms with E-state index in [9.17, 15) is 9.18 Å². The van der Waals surface area contributed by atoms with Crippen LogP contribution in [-0.2, 0) is 16.1 Å². The zero-order valence-corrected chi connectivity index (χ0v) is 12.1. The molecule has 0 spiro atoms. The highest BCUT2D eigenvalue weighted by atomic mass is 19.1. The molecule has 1 aromatic carbocycles. The van der Waals surface area contributed by atoms with Crippen molar-refractivity contribution in [2.24, 2.45) is 5.92 Å². The third-order valence-electron chi connectivity index (χ3n) is 3.64. The Morgan fingerprint density at radius 2 is 2.38 bits per heavy atom. The zero-order valence-electron chi connectivity index (χ0n) is 12.1. The first-order valence-electron chi connectivity index (χ1n) is 6.99. The van der Waals surface area contributed by atoms with Gasteiger partial charge in [0.1, 0.15) is 5.82 Å². The zero-order chi connectivity index (χ0) is 15.2. The first-order chi connectivity index (χ1) is 10.1. The highest BCUT2D eigenvalue weighted by Crippen LogP contribution is 2.20. The molecule has 1 fully saturated rings. The van der Waals surface area contributed by atoms with Crippen molar-refractivity contribution in [1.82, 2.24) is 4.90 Å². The Balaban J connectivity index is 2.01. The number of carboxylic acids is 1. The number of rotatable bonds is 6. The Labute approximate surface area is 123 Å². The molecule has 1 unspecified atom stereocenters. The number of ether oxygens (including phenoxy) is 1. The molecule has 1 saturated heterocycles. The number of hydrogen-bond donors (Lipinski definition) is 1. The largest absolute Gasteiger partial charge is 0.478 e. The van der Waals surface area contributed by atoms with Crippen LogP contribution >= 0.6 is 0 Å². The van der Waals surface area contributed by atoms with Crippen molar-refractivity contribution in [2.75, 3.05) is 26.8 Å². The number of carbonyl (C=O) groups is 1. The van der Waals surface area contributed by atoms with Crippen LogP contribution in [0, 0.1) is 11.7 Å². The Morgan fingerprint density at radius 3 is 3.10 bits per heavy atom. The number of aliphatic carboxylic acids is 1. The molecule has 1 aliphatic heterocycles. The van der Waals surface area contributed by atoms with Crippen molar-refractivity contribution in [3.63, 3.8) is 0 Å². The molecule has 0 bridgehead atoms. The number of hydrogen-bond acceptors (Lipinski definition) is 3. The van der Waals surface area contributed by atoms with Gasteiger partial charge < -0.3 is 9.84 Å². The minimum atomic E-state index is -1.08. The monoisotopic (exact) mass is 293 g/mol. The molecule has 21 heavy (non-hydrogen) atoms. The number of methoxy groups -OCH3 is 1. The van der Waals surface area contributed by atoms with Crippen molar-refractivity contribution in [3.8, 4) is 0 Å². The smallest absolute Gasteiger partial charge is 0.328 e. The molecule has 5 heteroatoms. The summed E-state index contributed by atoms with van der Waals surface area (Å²) in [4.78, 5) is 12.8. The summed E-state index contributed by atoms with van der Waals surface area (Å²) in [6.07, 6.45) is 3.35. The number of benzene rings is 1. The van der Waals surface area contributed by atoms with E-state index in [4.69, 9.17) is 9.84 Å². The molecule has 0 aliphatic carbocycles. The molecule has 1 aliphatic rings. The lowest BCUT2D eigenvalue weighted by Gasteiger charge is -2.16. The number of halogens is 1. The maximum Gasteiger partial charge on any atom is 0.328 e. The van der Waals surface area contributed by atoms with Gasteiger partial charge in [-0.1, -0.05) is 6.07 Å². The summed E-state index contributed by atoms with van der Waals surface area (Å²) < 4.78 is 18.8. The molecule has 1 N–H and O–H groups in total. The van der Waals surface area contributed by atoms with Crippen LogP contribution in [0.4, 0.5) is 4.39 Å². The number of carboxylic acid groups (broad SMARTS) is 1. The number of likely N-dealkylation sites (tertiary alicyclic amines) is 1. The van der Waals surface area contributed by atoms with E-state index in [2.05, 4.69) is 4.90 Å². The van der Waals surface area contributed by atoms with Gasteiger partial charge in [-0.25, -0.2) is 9.18 Å². The maximum absolute atomic E-state index is 13.6. The van der Waals surface area contributed by atoms with E-state index in [0.717, 1.165) is 44.3 Å². The Morgan fingerprint density at radius 1 is 1.57 bits per heavy atom. The fraction of sp³-hybridized carbons (Fsp3) is 0.438. The van der Waals surface area contributed by atoms with Crippen molar-refractivity contribution in [1.29, 1.82) is 0 Å². The lowest BCUT2D eigenvalue weighted by atomic mass is 10.1. The third-order valence-corrected chi connectivity index (χ3v) is 3.64. The van der Waals surface area contributed by atoms with Crippen molar-refractivity contribution < 1.29 is 19.0 Å². The molecule has 114 valence electrons. The summed E-state index contributed by atoms with van der Waals surface area (Å²) >= 11 is 0. The molecule has 2 rings (SSSR count). The van der Waals surface area contributed by atoms with E-state index in [1.165, 1.54) is 12.1 Å². The standard InChI is InChI=1S/C16H20FNO3/c1-21-11-13-6-7-18(10-13)9-12-2-4-15(17)14(8-12)3-5-16(19)20/h2-5,8,13H,6-7,9-11H2,1H3,(H,19,20). The molecule has 0 saturated carbocycles. The average Bonchev–Trinajstić information content (AvgIpc) is 2.87. The van der Waals surface area contributed by atoms with Crippen LogP contribution in [0.15, 0.2) is 24.3 Å². The van der Waals surface area contributed by atoms with Crippen LogP contribution < -0.4 is 0 Å². The molecule has 1 aromatic rings. The summed E-state index contributed by atoms with van der Waals surface area (Å²) in [6, 6.07) is 4.84. The van der Waals surface area contributed by atoms with Gasteiger partial charge in [-0.05, 0) is 42.7 Å². The lowest BCUT2D eigenvalue weighted by molar-refractivity contribution is -0.131. The first kappa shape index (κ1) is 15.7. The number of nitrogens with zero attached hydrogens (tertiary/aromatic N) is 1. The van der Waals surface area contributed by atoms with Gasteiger partial charge >= 0.3 is 5.97 Å². The highest BCUT2D eigenvalue weighted by Gasteiger charge is 2.22. The molecule has 1 heterocycles. The molecule has 0 aromatic heterocycles. The van der Waals surface area contributed by atoms with Gasteiger partial charge in [0, 0.05) is 31.8 Å². The van der Waals surface area contributed by atoms with Gasteiger partial charge in [0.15, 0.2) is 0 Å². The topological polar surface area (TPSA) is 49.8 Å². The fourth-order valence-electron chi connectivity index (χ4n) is 2.67. The highest BCUT2D eigenvalue weighted by molar-refractivity contribution is 5.85.